The van der Waals surface area contributed by atoms with E-state index in [1.165, 1.54) is 38.2 Å². The van der Waals surface area contributed by atoms with Gasteiger partial charge in [0.15, 0.2) is 0 Å². The molecule has 0 unspecified atom stereocenters. The van der Waals surface area contributed by atoms with Gasteiger partial charge in [-0.1, -0.05) is 45.6 Å². The van der Waals surface area contributed by atoms with Crippen LogP contribution < -0.4 is 5.32 Å². The van der Waals surface area contributed by atoms with Crippen molar-refractivity contribution in [1.82, 2.24) is 5.32 Å². The molecule has 0 saturated carbocycles. The highest BCUT2D eigenvalue weighted by Crippen LogP contribution is 2.03. The van der Waals surface area contributed by atoms with Gasteiger partial charge < -0.3 is 4.74 Å². The summed E-state index contributed by atoms with van der Waals surface area (Å²) in [5.41, 5.74) is 0. The van der Waals surface area contributed by atoms with Crippen LogP contribution in [0.2, 0.25) is 0 Å². The molecule has 0 fully saturated rings. The smallest absolute Gasteiger partial charge is 0.331 e. The quantitative estimate of drug-likeness (QED) is 0.262. The summed E-state index contributed by atoms with van der Waals surface area (Å²) in [5, 5.41) is 3.05. The zero-order valence-corrected chi connectivity index (χ0v) is 9.76. The highest BCUT2D eigenvalue weighted by molar-refractivity contribution is 5.81. The van der Waals surface area contributed by atoms with E-state index in [1.54, 1.807) is 0 Å². The predicted octanol–water partition coefficient (Wildman–Crippen LogP) is 2.62. The van der Waals surface area contributed by atoms with E-state index in [0.29, 0.717) is 6.73 Å². The molecule has 3 nitrogen and oxygen atoms in total. The molecule has 15 heavy (non-hydrogen) atoms. The molecule has 0 radical (unpaired) electrons. The van der Waals surface area contributed by atoms with Gasteiger partial charge in [-0.25, -0.2) is 4.79 Å². The molecule has 0 aliphatic carbocycles. The van der Waals surface area contributed by atoms with Gasteiger partial charge in [0.2, 0.25) is 0 Å². The molecule has 0 aliphatic rings. The highest BCUT2D eigenvalue weighted by Gasteiger charge is 1.93. The molecular formula is C12H23NO2. The molecular weight excluding hydrogens is 190 g/mol. The zero-order chi connectivity index (χ0) is 11.4. The molecule has 0 aliphatic heterocycles. The average Bonchev–Trinajstić information content (AvgIpc) is 2.26. The van der Waals surface area contributed by atoms with Crippen molar-refractivity contribution in [3.63, 3.8) is 0 Å². The molecule has 0 atom stereocenters. The first kappa shape index (κ1) is 14.2. The maximum absolute atomic E-state index is 10.6. The fourth-order valence-corrected chi connectivity index (χ4v) is 1.28. The molecule has 0 spiro atoms. The van der Waals surface area contributed by atoms with E-state index in [0.717, 1.165) is 13.0 Å². The summed E-state index contributed by atoms with van der Waals surface area (Å²) in [6.45, 7) is 6.74. The van der Waals surface area contributed by atoms with Gasteiger partial charge in [0.05, 0.1) is 0 Å². The molecule has 0 aromatic carbocycles. The van der Waals surface area contributed by atoms with Crippen molar-refractivity contribution in [2.45, 2.75) is 45.4 Å². The Morgan fingerprint density at radius 3 is 2.60 bits per heavy atom. The van der Waals surface area contributed by atoms with Crippen molar-refractivity contribution in [2.75, 3.05) is 13.3 Å². The summed E-state index contributed by atoms with van der Waals surface area (Å²) < 4.78 is 4.77. The first-order valence-corrected chi connectivity index (χ1v) is 5.81. The van der Waals surface area contributed by atoms with Gasteiger partial charge >= 0.3 is 5.97 Å². The summed E-state index contributed by atoms with van der Waals surface area (Å²) in [5.74, 6) is -0.370. The minimum atomic E-state index is -0.370. The molecule has 0 heterocycles. The number of hydrogen-bond donors (Lipinski definition) is 1. The van der Waals surface area contributed by atoms with E-state index in [4.69, 9.17) is 4.74 Å². The lowest BCUT2D eigenvalue weighted by Gasteiger charge is -2.04. The van der Waals surface area contributed by atoms with Gasteiger partial charge in [-0.05, 0) is 13.0 Å². The summed E-state index contributed by atoms with van der Waals surface area (Å²) in [6, 6.07) is 0. The van der Waals surface area contributed by atoms with Crippen molar-refractivity contribution >= 4 is 5.97 Å². The maximum Gasteiger partial charge on any atom is 0.331 e. The lowest BCUT2D eigenvalue weighted by Crippen LogP contribution is -2.21. The number of unbranched alkanes of at least 4 members (excludes halogenated alkanes) is 5. The van der Waals surface area contributed by atoms with Crippen LogP contribution >= 0.6 is 0 Å². The Morgan fingerprint density at radius 1 is 1.27 bits per heavy atom. The number of rotatable bonds is 10. The summed E-state index contributed by atoms with van der Waals surface area (Å²) in [4.78, 5) is 10.6. The monoisotopic (exact) mass is 213 g/mol. The van der Waals surface area contributed by atoms with Crippen LogP contribution in [0.25, 0.3) is 0 Å². The lowest BCUT2D eigenvalue weighted by molar-refractivity contribution is -0.138. The third-order valence-electron chi connectivity index (χ3n) is 2.19. The second-order valence-electron chi connectivity index (χ2n) is 3.58. The van der Waals surface area contributed by atoms with E-state index >= 15 is 0 Å². The third-order valence-corrected chi connectivity index (χ3v) is 2.19. The molecule has 0 rings (SSSR count). The fourth-order valence-electron chi connectivity index (χ4n) is 1.28. The Morgan fingerprint density at radius 2 is 1.93 bits per heavy atom. The largest absolute Gasteiger partial charge is 0.447 e. The molecule has 0 aromatic rings. The van der Waals surface area contributed by atoms with Crippen LogP contribution in [-0.2, 0) is 9.53 Å². The van der Waals surface area contributed by atoms with Crippen LogP contribution in [-0.4, -0.2) is 19.2 Å². The first-order chi connectivity index (χ1) is 7.31. The Labute approximate surface area is 92.9 Å². The normalized spacial score (nSPS) is 9.93. The molecule has 3 heteroatoms. The topological polar surface area (TPSA) is 38.3 Å². The van der Waals surface area contributed by atoms with Crippen molar-refractivity contribution in [1.29, 1.82) is 0 Å². The van der Waals surface area contributed by atoms with Gasteiger partial charge in [-0.15, -0.1) is 0 Å². The van der Waals surface area contributed by atoms with Crippen LogP contribution in [0.4, 0.5) is 0 Å². The van der Waals surface area contributed by atoms with Crippen LogP contribution in [0.1, 0.15) is 45.4 Å². The molecule has 88 valence electrons. The summed E-state index contributed by atoms with van der Waals surface area (Å²) in [6.07, 6.45) is 8.84. The Balaban J connectivity index is 2.98. The second kappa shape index (κ2) is 11.2. The van der Waals surface area contributed by atoms with Gasteiger partial charge in [-0.3, -0.25) is 5.32 Å². The minimum Gasteiger partial charge on any atom is -0.447 e. The lowest BCUT2D eigenvalue weighted by atomic mass is 10.1. The number of nitrogens with one attached hydrogen (secondary N) is 1. The van der Waals surface area contributed by atoms with Gasteiger partial charge in [0.1, 0.15) is 6.73 Å². The average molecular weight is 213 g/mol. The molecule has 0 saturated heterocycles. The fraction of sp³-hybridized carbons (Fsp3) is 0.750. The van der Waals surface area contributed by atoms with Crippen LogP contribution in [0.15, 0.2) is 12.7 Å². The maximum atomic E-state index is 10.6. The number of ether oxygens (including phenoxy) is 1. The standard InChI is InChI=1S/C12H23NO2/c1-3-5-6-7-8-9-10-13-11-15-12(14)4-2/h4,13H,2-3,5-11H2,1H3. The van der Waals surface area contributed by atoms with Crippen molar-refractivity contribution in [3.05, 3.63) is 12.7 Å². The number of hydrogen-bond acceptors (Lipinski definition) is 3. The zero-order valence-electron chi connectivity index (χ0n) is 9.76. The second-order valence-corrected chi connectivity index (χ2v) is 3.58. The Hall–Kier alpha value is -0.830. The van der Waals surface area contributed by atoms with E-state index in [-0.39, 0.29) is 5.97 Å². The van der Waals surface area contributed by atoms with Crippen molar-refractivity contribution in [3.8, 4) is 0 Å². The number of esters is 1. The minimum absolute atomic E-state index is 0.291. The highest BCUT2D eigenvalue weighted by atomic mass is 16.5. The summed E-state index contributed by atoms with van der Waals surface area (Å²) >= 11 is 0. The van der Waals surface area contributed by atoms with Gasteiger partial charge in [0, 0.05) is 6.08 Å². The van der Waals surface area contributed by atoms with Crippen molar-refractivity contribution in [2.24, 2.45) is 0 Å². The van der Waals surface area contributed by atoms with Crippen molar-refractivity contribution < 1.29 is 9.53 Å². The molecule has 0 aromatic heterocycles. The van der Waals surface area contributed by atoms with E-state index in [2.05, 4.69) is 18.8 Å². The predicted molar refractivity (Wildman–Crippen MR) is 62.5 cm³/mol. The van der Waals surface area contributed by atoms with E-state index in [9.17, 15) is 4.79 Å². The van der Waals surface area contributed by atoms with Gasteiger partial charge in [-0.2, -0.15) is 0 Å². The first-order valence-electron chi connectivity index (χ1n) is 5.81. The Kier molecular flexibility index (Phi) is 10.6. The van der Waals surface area contributed by atoms with Crippen LogP contribution in [0.5, 0.6) is 0 Å². The molecule has 0 bridgehead atoms. The molecule has 1 N–H and O–H groups in total. The summed E-state index contributed by atoms with van der Waals surface area (Å²) in [7, 11) is 0. The number of carbonyl (C=O) groups excluding carboxylic acids is 1. The Bertz CT molecular complexity index is 169. The van der Waals surface area contributed by atoms with E-state index < -0.39 is 0 Å². The van der Waals surface area contributed by atoms with Gasteiger partial charge in [0.25, 0.3) is 0 Å². The number of carbonyl (C=O) groups is 1. The third kappa shape index (κ3) is 11.1. The van der Waals surface area contributed by atoms with Crippen LogP contribution in [0.3, 0.4) is 0 Å². The van der Waals surface area contributed by atoms with E-state index in [1.807, 2.05) is 0 Å². The van der Waals surface area contributed by atoms with Crippen LogP contribution in [0, 0.1) is 0 Å². The SMILES string of the molecule is C=CC(=O)OCNCCCCCCCC. The molecule has 0 amide bonds.